The Morgan fingerprint density at radius 1 is 1.33 bits per heavy atom. The van der Waals surface area contributed by atoms with Crippen molar-refractivity contribution < 1.29 is 9.72 Å². The summed E-state index contributed by atoms with van der Waals surface area (Å²) in [5.74, 6) is 0.920. The van der Waals surface area contributed by atoms with Crippen LogP contribution in [0, 0.1) is 33.3 Å². The number of rotatable bonds is 6. The zero-order valence-corrected chi connectivity index (χ0v) is 21.0. The molecule has 0 unspecified atom stereocenters. The summed E-state index contributed by atoms with van der Waals surface area (Å²) in [5.41, 5.74) is 0.552. The highest BCUT2D eigenvalue weighted by Gasteiger charge is 2.43. The third kappa shape index (κ3) is 5.26. The number of aromatic nitrogens is 2. The third-order valence-electron chi connectivity index (χ3n) is 7.43. The Balaban J connectivity index is 1.71. The summed E-state index contributed by atoms with van der Waals surface area (Å²) in [6.07, 6.45) is 2.54. The van der Waals surface area contributed by atoms with Crippen LogP contribution in [-0.2, 0) is 11.3 Å². The summed E-state index contributed by atoms with van der Waals surface area (Å²) in [5, 5.41) is 21.1. The van der Waals surface area contributed by atoms with Crippen LogP contribution in [0.4, 0.5) is 17.1 Å². The zero-order valence-electron chi connectivity index (χ0n) is 19.5. The number of amides is 1. The van der Waals surface area contributed by atoms with Crippen LogP contribution in [0.1, 0.15) is 41.0 Å². The quantitative estimate of drug-likeness (QED) is 0.422. The summed E-state index contributed by atoms with van der Waals surface area (Å²) >= 11 is 3.37. The van der Waals surface area contributed by atoms with Gasteiger partial charge in [-0.1, -0.05) is 40.7 Å². The van der Waals surface area contributed by atoms with E-state index in [2.05, 4.69) is 66.3 Å². The highest BCUT2D eigenvalue weighted by molar-refractivity contribution is 9.10. The first-order valence-corrected chi connectivity index (χ1v) is 11.8. The molecule has 0 aliphatic heterocycles. The average Bonchev–Trinajstić information content (AvgIpc) is 2.76. The van der Waals surface area contributed by atoms with Crippen molar-refractivity contribution in [2.75, 3.05) is 10.6 Å². The lowest BCUT2D eigenvalue weighted by molar-refractivity contribution is -0.384. The lowest BCUT2D eigenvalue weighted by atomic mass is 9.58. The number of nitrogens with zero attached hydrogens (tertiary/aromatic N) is 3. The number of nitro groups is 1. The summed E-state index contributed by atoms with van der Waals surface area (Å²) in [4.78, 5) is 35.6. The number of carbonyl (C=O) groups is 1. The van der Waals surface area contributed by atoms with Crippen LogP contribution in [0.3, 0.4) is 0 Å². The molecule has 0 spiro atoms. The molecule has 1 heterocycles. The van der Waals surface area contributed by atoms with Gasteiger partial charge in [0.25, 0.3) is 11.2 Å². The molecule has 4 atom stereocenters. The largest absolute Gasteiger partial charge is 0.380 e. The maximum absolute atomic E-state index is 12.8. The van der Waals surface area contributed by atoms with Crippen LogP contribution in [0.25, 0.3) is 0 Å². The normalized spacial score (nSPS) is 24.2. The number of benzene rings is 1. The van der Waals surface area contributed by atoms with Crippen molar-refractivity contribution in [3.05, 3.63) is 55.4 Å². The Bertz CT molecular complexity index is 1120. The minimum Gasteiger partial charge on any atom is -0.380 e. The van der Waals surface area contributed by atoms with E-state index in [0.29, 0.717) is 27.9 Å². The van der Waals surface area contributed by atoms with Gasteiger partial charge in [-0.2, -0.15) is 5.10 Å². The molecule has 9 nitrogen and oxygen atoms in total. The van der Waals surface area contributed by atoms with E-state index >= 15 is 0 Å². The second-order valence-corrected chi connectivity index (χ2v) is 10.3. The van der Waals surface area contributed by atoms with E-state index in [1.165, 1.54) is 18.2 Å². The number of nitro benzene ring substituents is 1. The average molecular weight is 520 g/mol. The van der Waals surface area contributed by atoms with E-state index in [9.17, 15) is 19.7 Å². The number of carbonyl (C=O) groups excluding carboxylic acids is 1. The molecule has 10 heteroatoms. The van der Waals surface area contributed by atoms with Crippen molar-refractivity contribution in [2.24, 2.45) is 23.2 Å². The van der Waals surface area contributed by atoms with Gasteiger partial charge in [0, 0.05) is 23.9 Å². The fourth-order valence-electron chi connectivity index (χ4n) is 4.48. The first kappa shape index (κ1) is 24.9. The van der Waals surface area contributed by atoms with E-state index in [1.807, 2.05) is 0 Å². The number of non-ortho nitro benzene ring substituents is 1. The van der Waals surface area contributed by atoms with E-state index in [0.717, 1.165) is 11.1 Å². The van der Waals surface area contributed by atoms with E-state index in [-0.39, 0.29) is 29.4 Å². The molecule has 178 valence electrons. The van der Waals surface area contributed by atoms with Crippen LogP contribution in [-0.4, -0.2) is 26.7 Å². The van der Waals surface area contributed by atoms with Crippen molar-refractivity contribution in [1.29, 1.82) is 0 Å². The molecule has 2 aromatic rings. The molecule has 1 amide bonds. The lowest BCUT2D eigenvalue weighted by Crippen LogP contribution is -2.48. The molecule has 0 bridgehead atoms. The zero-order chi connectivity index (χ0) is 24.5. The van der Waals surface area contributed by atoms with Crippen molar-refractivity contribution >= 4 is 38.9 Å². The maximum atomic E-state index is 12.8. The smallest absolute Gasteiger partial charge is 0.283 e. The molecule has 1 fully saturated rings. The molecule has 0 radical (unpaired) electrons. The Kier molecular flexibility index (Phi) is 7.26. The van der Waals surface area contributed by atoms with E-state index < -0.39 is 16.4 Å². The molecule has 33 heavy (non-hydrogen) atoms. The Labute approximate surface area is 201 Å². The topological polar surface area (TPSA) is 119 Å². The number of nitrogens with one attached hydrogen (secondary N) is 2. The van der Waals surface area contributed by atoms with E-state index in [4.69, 9.17) is 0 Å². The van der Waals surface area contributed by atoms with Gasteiger partial charge in [0.2, 0.25) is 5.91 Å². The van der Waals surface area contributed by atoms with Gasteiger partial charge >= 0.3 is 0 Å². The van der Waals surface area contributed by atoms with E-state index in [1.54, 1.807) is 12.3 Å². The molecule has 0 saturated heterocycles. The van der Waals surface area contributed by atoms with Gasteiger partial charge in [-0.05, 0) is 51.6 Å². The number of halogens is 1. The summed E-state index contributed by atoms with van der Waals surface area (Å²) in [6, 6.07) is 5.81. The minimum atomic E-state index is -0.541. The SMILES string of the molecule is C[C@@H]1[C@@H](C)C(C)(C)[C@@H](C)C[C@H]1Nc1cnn(CC(=O)Nc2cccc([N+](=O)[O-])c2)c(=O)c1Br. The summed E-state index contributed by atoms with van der Waals surface area (Å²) in [6.45, 7) is 11.1. The molecule has 1 aromatic carbocycles. The Hall–Kier alpha value is -2.75. The fourth-order valence-corrected chi connectivity index (χ4v) is 4.90. The number of anilines is 2. The molecule has 2 N–H and O–H groups in total. The highest BCUT2D eigenvalue weighted by Crippen LogP contribution is 2.48. The highest BCUT2D eigenvalue weighted by atomic mass is 79.9. The molecule has 1 aromatic heterocycles. The monoisotopic (exact) mass is 519 g/mol. The van der Waals surface area contributed by atoms with Crippen molar-refractivity contribution in [2.45, 2.75) is 53.6 Å². The summed E-state index contributed by atoms with van der Waals surface area (Å²) < 4.78 is 1.37. The second-order valence-electron chi connectivity index (χ2n) is 9.55. The van der Waals surface area contributed by atoms with Gasteiger partial charge in [0.05, 0.1) is 16.8 Å². The van der Waals surface area contributed by atoms with Gasteiger partial charge in [0.1, 0.15) is 11.0 Å². The van der Waals surface area contributed by atoms with Gasteiger partial charge in [-0.15, -0.1) is 0 Å². The molecular formula is C23H30BrN5O4. The van der Waals surface area contributed by atoms with Gasteiger partial charge in [-0.3, -0.25) is 19.7 Å². The molecule has 1 saturated carbocycles. The fraction of sp³-hybridized carbons (Fsp3) is 0.522. The maximum Gasteiger partial charge on any atom is 0.283 e. The first-order chi connectivity index (χ1) is 15.4. The Morgan fingerprint density at radius 2 is 2.03 bits per heavy atom. The third-order valence-corrected chi connectivity index (χ3v) is 8.20. The molecule has 1 aliphatic carbocycles. The van der Waals surface area contributed by atoms with Gasteiger partial charge in [-0.25, -0.2) is 4.68 Å². The molecular weight excluding hydrogens is 490 g/mol. The molecule has 3 rings (SSSR count). The van der Waals surface area contributed by atoms with Crippen LogP contribution >= 0.6 is 15.9 Å². The Morgan fingerprint density at radius 3 is 2.70 bits per heavy atom. The van der Waals surface area contributed by atoms with Crippen LogP contribution < -0.4 is 16.2 Å². The van der Waals surface area contributed by atoms with Gasteiger partial charge in [0.15, 0.2) is 0 Å². The van der Waals surface area contributed by atoms with Crippen LogP contribution in [0.2, 0.25) is 0 Å². The van der Waals surface area contributed by atoms with Crippen molar-refractivity contribution in [1.82, 2.24) is 9.78 Å². The number of hydrogen-bond donors (Lipinski definition) is 2. The summed E-state index contributed by atoms with van der Waals surface area (Å²) in [7, 11) is 0. The minimum absolute atomic E-state index is 0.134. The standard InChI is InChI=1S/C23H30BrN5O4/c1-13-9-18(14(2)15(3)23(13,4)5)27-19-11-25-28(22(31)21(19)24)12-20(30)26-16-7-6-8-17(10-16)29(32)33/h6-8,10-11,13-15,18,27H,9,12H2,1-5H3,(H,26,30)/t13-,14+,15+,18+/m0/s1. The predicted octanol–water partition coefficient (Wildman–Crippen LogP) is 4.67. The lowest BCUT2D eigenvalue weighted by Gasteiger charge is -2.50. The molecule has 1 aliphatic rings. The van der Waals surface area contributed by atoms with Crippen LogP contribution in [0.5, 0.6) is 0 Å². The van der Waals surface area contributed by atoms with Crippen molar-refractivity contribution in [3.63, 3.8) is 0 Å². The van der Waals surface area contributed by atoms with Crippen LogP contribution in [0.15, 0.2) is 39.7 Å². The predicted molar refractivity (Wildman–Crippen MR) is 131 cm³/mol. The first-order valence-electron chi connectivity index (χ1n) is 11.0. The number of hydrogen-bond acceptors (Lipinski definition) is 6. The van der Waals surface area contributed by atoms with Gasteiger partial charge < -0.3 is 10.6 Å². The second kappa shape index (κ2) is 9.62. The van der Waals surface area contributed by atoms with Crippen molar-refractivity contribution in [3.8, 4) is 0 Å².